The monoisotopic (exact) mass is 299 g/mol. The number of halogens is 4. The highest BCUT2D eigenvalue weighted by Crippen LogP contribution is 2.30. The van der Waals surface area contributed by atoms with E-state index in [9.17, 15) is 17.4 Å². The summed E-state index contributed by atoms with van der Waals surface area (Å²) in [4.78, 5) is 8.56. The lowest BCUT2D eigenvalue weighted by atomic mass is 10.3. The van der Waals surface area contributed by atoms with Crippen LogP contribution in [0.2, 0.25) is 5.28 Å². The number of alkyl halides is 3. The van der Waals surface area contributed by atoms with Crippen molar-refractivity contribution >= 4 is 28.2 Å². The summed E-state index contributed by atoms with van der Waals surface area (Å²) in [7, 11) is -0.903. The van der Waals surface area contributed by atoms with Gasteiger partial charge in [-0.3, -0.25) is 4.21 Å². The standard InChI is InChI=1S/C9H9ClF3N3OS/c10-8-14-6(9(11,12)13)5-7(15-8)16-1-3-18(17)4-2-16/h5H,1-4H2. The lowest BCUT2D eigenvalue weighted by molar-refractivity contribution is -0.141. The van der Waals surface area contributed by atoms with E-state index in [4.69, 9.17) is 11.6 Å². The molecule has 0 aromatic carbocycles. The van der Waals surface area contributed by atoms with Gasteiger partial charge >= 0.3 is 6.18 Å². The molecule has 0 amide bonds. The number of hydrogen-bond donors (Lipinski definition) is 0. The molecule has 0 radical (unpaired) electrons. The van der Waals surface area contributed by atoms with Gasteiger partial charge < -0.3 is 4.90 Å². The van der Waals surface area contributed by atoms with E-state index in [0.717, 1.165) is 6.07 Å². The molecule has 1 aromatic heterocycles. The molecule has 100 valence electrons. The quantitative estimate of drug-likeness (QED) is 0.741. The second kappa shape index (κ2) is 5.00. The Kier molecular flexibility index (Phi) is 3.76. The van der Waals surface area contributed by atoms with Gasteiger partial charge in [-0.1, -0.05) is 0 Å². The highest BCUT2D eigenvalue weighted by molar-refractivity contribution is 7.85. The Balaban J connectivity index is 2.28. The van der Waals surface area contributed by atoms with Gasteiger partial charge in [0.2, 0.25) is 5.28 Å². The zero-order valence-corrected chi connectivity index (χ0v) is 10.6. The van der Waals surface area contributed by atoms with Gasteiger partial charge in [0.1, 0.15) is 5.82 Å². The molecule has 0 aliphatic carbocycles. The largest absolute Gasteiger partial charge is 0.433 e. The molecule has 1 fully saturated rings. The second-order valence-electron chi connectivity index (χ2n) is 3.71. The minimum Gasteiger partial charge on any atom is -0.355 e. The first-order chi connectivity index (χ1) is 8.36. The van der Waals surface area contributed by atoms with Gasteiger partial charge in [-0.05, 0) is 11.6 Å². The summed E-state index contributed by atoms with van der Waals surface area (Å²) in [5.41, 5.74) is -1.07. The van der Waals surface area contributed by atoms with Crippen molar-refractivity contribution in [2.45, 2.75) is 6.18 Å². The fourth-order valence-electron chi connectivity index (χ4n) is 1.58. The summed E-state index contributed by atoms with van der Waals surface area (Å²) in [5.74, 6) is 0.963. The minimum absolute atomic E-state index is 0.124. The van der Waals surface area contributed by atoms with E-state index < -0.39 is 28.0 Å². The Morgan fingerprint density at radius 1 is 1.28 bits per heavy atom. The van der Waals surface area contributed by atoms with Gasteiger partial charge in [-0.2, -0.15) is 13.2 Å². The van der Waals surface area contributed by atoms with E-state index in [1.807, 2.05) is 0 Å². The zero-order valence-electron chi connectivity index (χ0n) is 9.08. The highest BCUT2D eigenvalue weighted by Gasteiger charge is 2.34. The first-order valence-corrected chi connectivity index (χ1v) is 6.94. The van der Waals surface area contributed by atoms with Crippen molar-refractivity contribution < 1.29 is 17.4 Å². The lowest BCUT2D eigenvalue weighted by Crippen LogP contribution is -2.38. The Morgan fingerprint density at radius 3 is 2.44 bits per heavy atom. The molecule has 0 N–H and O–H groups in total. The molecular weight excluding hydrogens is 291 g/mol. The summed E-state index contributed by atoms with van der Waals surface area (Å²) in [5, 5.41) is -0.438. The minimum atomic E-state index is -4.56. The average molecular weight is 300 g/mol. The summed E-state index contributed by atoms with van der Waals surface area (Å²) in [6.07, 6.45) is -4.56. The fraction of sp³-hybridized carbons (Fsp3) is 0.556. The van der Waals surface area contributed by atoms with Crippen LogP contribution in [0.3, 0.4) is 0 Å². The molecule has 18 heavy (non-hydrogen) atoms. The van der Waals surface area contributed by atoms with Crippen LogP contribution >= 0.6 is 11.6 Å². The van der Waals surface area contributed by atoms with Gasteiger partial charge in [-0.15, -0.1) is 0 Å². The van der Waals surface area contributed by atoms with E-state index in [2.05, 4.69) is 9.97 Å². The van der Waals surface area contributed by atoms with E-state index in [1.165, 1.54) is 0 Å². The number of hydrogen-bond acceptors (Lipinski definition) is 4. The third-order valence-electron chi connectivity index (χ3n) is 2.48. The Morgan fingerprint density at radius 2 is 1.89 bits per heavy atom. The second-order valence-corrected chi connectivity index (χ2v) is 5.75. The van der Waals surface area contributed by atoms with Crippen LogP contribution in [0.5, 0.6) is 0 Å². The molecule has 2 rings (SSSR count). The van der Waals surface area contributed by atoms with Crippen LogP contribution in [0.4, 0.5) is 19.0 Å². The first-order valence-electron chi connectivity index (χ1n) is 5.08. The zero-order chi connectivity index (χ0) is 13.3. The molecule has 0 bridgehead atoms. The maximum atomic E-state index is 12.6. The topological polar surface area (TPSA) is 46.1 Å². The van der Waals surface area contributed by atoms with Crippen molar-refractivity contribution in [2.24, 2.45) is 0 Å². The fourth-order valence-corrected chi connectivity index (χ4v) is 2.81. The third-order valence-corrected chi connectivity index (χ3v) is 3.92. The van der Waals surface area contributed by atoms with Crippen molar-refractivity contribution in [2.75, 3.05) is 29.5 Å². The smallest absolute Gasteiger partial charge is 0.355 e. The van der Waals surface area contributed by atoms with E-state index in [-0.39, 0.29) is 5.82 Å². The Labute approximate surface area is 109 Å². The third kappa shape index (κ3) is 3.11. The molecule has 0 atom stereocenters. The van der Waals surface area contributed by atoms with Crippen LogP contribution in [-0.4, -0.2) is 38.8 Å². The van der Waals surface area contributed by atoms with Crippen LogP contribution in [0.15, 0.2) is 6.07 Å². The normalized spacial score (nSPS) is 18.1. The summed E-state index contributed by atoms with van der Waals surface area (Å²) in [6.45, 7) is 0.800. The molecule has 1 aliphatic rings. The van der Waals surface area contributed by atoms with E-state index in [1.54, 1.807) is 4.90 Å². The Hall–Kier alpha value is -0.890. The molecule has 1 saturated heterocycles. The summed E-state index contributed by atoms with van der Waals surface area (Å²) in [6, 6.07) is 0.861. The van der Waals surface area contributed by atoms with Gasteiger partial charge in [0, 0.05) is 41.5 Å². The van der Waals surface area contributed by atoms with E-state index in [0.29, 0.717) is 24.6 Å². The maximum absolute atomic E-state index is 12.6. The van der Waals surface area contributed by atoms with Gasteiger partial charge in [0.15, 0.2) is 5.69 Å². The van der Waals surface area contributed by atoms with Crippen molar-refractivity contribution in [3.05, 3.63) is 17.0 Å². The molecule has 4 nitrogen and oxygen atoms in total. The number of aromatic nitrogens is 2. The van der Waals surface area contributed by atoms with Crippen molar-refractivity contribution in [3.63, 3.8) is 0 Å². The molecule has 0 unspecified atom stereocenters. The van der Waals surface area contributed by atoms with Crippen LogP contribution in [0.25, 0.3) is 0 Å². The van der Waals surface area contributed by atoms with Gasteiger partial charge in [0.25, 0.3) is 0 Å². The molecule has 2 heterocycles. The van der Waals surface area contributed by atoms with Crippen LogP contribution < -0.4 is 4.90 Å². The van der Waals surface area contributed by atoms with Crippen LogP contribution in [0.1, 0.15) is 5.69 Å². The van der Waals surface area contributed by atoms with Crippen LogP contribution in [0, 0.1) is 0 Å². The molecule has 0 saturated carbocycles. The van der Waals surface area contributed by atoms with E-state index >= 15 is 0 Å². The van der Waals surface area contributed by atoms with Gasteiger partial charge in [-0.25, -0.2) is 9.97 Å². The lowest BCUT2D eigenvalue weighted by Gasteiger charge is -2.27. The number of anilines is 1. The number of nitrogens with zero attached hydrogens (tertiary/aromatic N) is 3. The predicted molar refractivity (Wildman–Crippen MR) is 62.1 cm³/mol. The maximum Gasteiger partial charge on any atom is 0.433 e. The molecular formula is C9H9ClF3N3OS. The van der Waals surface area contributed by atoms with Crippen molar-refractivity contribution in [1.29, 1.82) is 0 Å². The Bertz CT molecular complexity index is 473. The average Bonchev–Trinajstić information content (AvgIpc) is 2.28. The predicted octanol–water partition coefficient (Wildman–Crippen LogP) is 1.72. The van der Waals surface area contributed by atoms with Crippen LogP contribution in [-0.2, 0) is 17.0 Å². The summed E-state index contributed by atoms with van der Waals surface area (Å²) >= 11 is 5.50. The first kappa shape index (κ1) is 13.5. The van der Waals surface area contributed by atoms with Gasteiger partial charge in [0.05, 0.1) is 0 Å². The summed E-state index contributed by atoms with van der Waals surface area (Å²) < 4.78 is 48.9. The van der Waals surface area contributed by atoms with Crippen molar-refractivity contribution in [3.8, 4) is 0 Å². The van der Waals surface area contributed by atoms with Crippen molar-refractivity contribution in [1.82, 2.24) is 9.97 Å². The molecule has 1 aromatic rings. The number of rotatable bonds is 1. The SMILES string of the molecule is O=S1CCN(c2cc(C(F)(F)F)nc(Cl)n2)CC1. The molecule has 9 heteroatoms. The highest BCUT2D eigenvalue weighted by atomic mass is 35.5. The molecule has 1 aliphatic heterocycles. The molecule has 0 spiro atoms.